The van der Waals surface area contributed by atoms with Gasteiger partial charge in [-0.2, -0.15) is 0 Å². The Morgan fingerprint density at radius 1 is 1.20 bits per heavy atom. The molecule has 0 saturated heterocycles. The van der Waals surface area contributed by atoms with Crippen molar-refractivity contribution in [1.82, 2.24) is 10.2 Å². The molecule has 1 aliphatic carbocycles. The van der Waals surface area contributed by atoms with Crippen LogP contribution in [0.5, 0.6) is 0 Å². The molecule has 0 spiro atoms. The molecule has 0 aromatic rings. The molecule has 0 aromatic heterocycles. The summed E-state index contributed by atoms with van der Waals surface area (Å²) in [6, 6.07) is -0.451. The SMILES string of the molecule is CN(C(=O)NC1(C(=O)O)CCCCCC1)C(C)(C)CO. The maximum Gasteiger partial charge on any atom is 0.329 e. The molecule has 0 bridgehead atoms. The van der Waals surface area contributed by atoms with Crippen LogP contribution in [0.25, 0.3) is 0 Å². The van der Waals surface area contributed by atoms with E-state index in [2.05, 4.69) is 5.32 Å². The Morgan fingerprint density at radius 2 is 1.70 bits per heavy atom. The van der Waals surface area contributed by atoms with Crippen LogP contribution in [0.2, 0.25) is 0 Å². The van der Waals surface area contributed by atoms with E-state index in [4.69, 9.17) is 0 Å². The number of carbonyl (C=O) groups excluding carboxylic acids is 1. The highest BCUT2D eigenvalue weighted by Crippen LogP contribution is 2.28. The number of nitrogens with one attached hydrogen (secondary N) is 1. The van der Waals surface area contributed by atoms with E-state index in [1.165, 1.54) is 4.90 Å². The summed E-state index contributed by atoms with van der Waals surface area (Å²) in [6.45, 7) is 3.28. The van der Waals surface area contributed by atoms with Gasteiger partial charge in [0, 0.05) is 7.05 Å². The van der Waals surface area contributed by atoms with Crippen LogP contribution in [0.15, 0.2) is 0 Å². The van der Waals surface area contributed by atoms with Gasteiger partial charge in [-0.25, -0.2) is 9.59 Å². The number of likely N-dealkylation sites (N-methyl/N-ethyl adjacent to an activating group) is 1. The molecular weight excluding hydrogens is 260 g/mol. The summed E-state index contributed by atoms with van der Waals surface area (Å²) in [5.41, 5.74) is -1.90. The predicted molar refractivity (Wildman–Crippen MR) is 75.5 cm³/mol. The predicted octanol–water partition coefficient (Wildman–Crippen LogP) is 1.58. The average Bonchev–Trinajstić information content (AvgIpc) is 2.64. The molecule has 1 rings (SSSR count). The number of carboxylic acid groups (broad SMARTS) is 1. The van der Waals surface area contributed by atoms with Gasteiger partial charge in [-0.15, -0.1) is 0 Å². The minimum absolute atomic E-state index is 0.184. The number of carbonyl (C=O) groups is 2. The Morgan fingerprint density at radius 3 is 2.10 bits per heavy atom. The topological polar surface area (TPSA) is 89.9 Å². The zero-order valence-electron chi connectivity index (χ0n) is 12.6. The van der Waals surface area contributed by atoms with Gasteiger partial charge in [0.2, 0.25) is 0 Å². The molecule has 0 aliphatic heterocycles. The summed E-state index contributed by atoms with van der Waals surface area (Å²) in [4.78, 5) is 25.3. The van der Waals surface area contributed by atoms with Crippen molar-refractivity contribution in [2.45, 2.75) is 63.5 Å². The van der Waals surface area contributed by atoms with E-state index >= 15 is 0 Å². The van der Waals surface area contributed by atoms with Gasteiger partial charge < -0.3 is 20.4 Å². The van der Waals surface area contributed by atoms with E-state index in [1.807, 2.05) is 0 Å². The fourth-order valence-corrected chi connectivity index (χ4v) is 2.39. The minimum atomic E-state index is -1.17. The molecule has 1 fully saturated rings. The number of nitrogens with zero attached hydrogens (tertiary/aromatic N) is 1. The Labute approximate surface area is 120 Å². The molecule has 0 atom stereocenters. The van der Waals surface area contributed by atoms with Crippen LogP contribution >= 0.6 is 0 Å². The van der Waals surface area contributed by atoms with Gasteiger partial charge in [0.05, 0.1) is 12.1 Å². The van der Waals surface area contributed by atoms with Crippen molar-refractivity contribution in [3.63, 3.8) is 0 Å². The van der Waals surface area contributed by atoms with Crippen LogP contribution in [-0.2, 0) is 4.79 Å². The molecule has 0 aromatic carbocycles. The fraction of sp³-hybridized carbons (Fsp3) is 0.857. The van der Waals surface area contributed by atoms with Gasteiger partial charge >= 0.3 is 12.0 Å². The van der Waals surface area contributed by atoms with Gasteiger partial charge in [0.15, 0.2) is 0 Å². The number of rotatable bonds is 4. The van der Waals surface area contributed by atoms with Gasteiger partial charge in [0.1, 0.15) is 5.54 Å². The number of aliphatic hydroxyl groups excluding tert-OH is 1. The van der Waals surface area contributed by atoms with E-state index in [0.29, 0.717) is 12.8 Å². The first-order chi connectivity index (χ1) is 9.25. The van der Waals surface area contributed by atoms with Gasteiger partial charge in [-0.3, -0.25) is 0 Å². The molecule has 1 saturated carbocycles. The standard InChI is InChI=1S/C14H26N2O4/c1-13(2,10-17)16(3)12(20)15-14(11(18)19)8-6-4-5-7-9-14/h17H,4-10H2,1-3H3,(H,15,20)(H,18,19). The molecule has 116 valence electrons. The molecule has 0 heterocycles. The van der Waals surface area contributed by atoms with Crippen molar-refractivity contribution in [2.24, 2.45) is 0 Å². The van der Waals surface area contributed by atoms with Gasteiger partial charge in [-0.05, 0) is 26.7 Å². The van der Waals surface area contributed by atoms with Crippen LogP contribution in [0.4, 0.5) is 4.79 Å². The summed E-state index contributed by atoms with van der Waals surface area (Å²) >= 11 is 0. The summed E-state index contributed by atoms with van der Waals surface area (Å²) < 4.78 is 0. The van der Waals surface area contributed by atoms with Crippen molar-refractivity contribution in [3.8, 4) is 0 Å². The van der Waals surface area contributed by atoms with Crippen LogP contribution in [-0.4, -0.2) is 51.8 Å². The number of amides is 2. The maximum atomic E-state index is 12.3. The molecule has 0 unspecified atom stereocenters. The molecular formula is C14H26N2O4. The van der Waals surface area contributed by atoms with Crippen LogP contribution in [0, 0.1) is 0 Å². The zero-order valence-corrected chi connectivity index (χ0v) is 12.6. The first-order valence-corrected chi connectivity index (χ1v) is 7.15. The highest BCUT2D eigenvalue weighted by Gasteiger charge is 2.41. The second-order valence-corrected chi connectivity index (χ2v) is 6.26. The highest BCUT2D eigenvalue weighted by molar-refractivity contribution is 5.86. The molecule has 6 heteroatoms. The summed E-state index contributed by atoms with van der Waals surface area (Å²) in [6.07, 6.45) is 4.54. The van der Waals surface area contributed by atoms with Crippen molar-refractivity contribution >= 4 is 12.0 Å². The van der Waals surface area contributed by atoms with Crippen molar-refractivity contribution < 1.29 is 19.8 Å². The number of hydrogen-bond acceptors (Lipinski definition) is 3. The molecule has 1 aliphatic rings. The minimum Gasteiger partial charge on any atom is -0.480 e. The Hall–Kier alpha value is -1.30. The van der Waals surface area contributed by atoms with Crippen LogP contribution < -0.4 is 5.32 Å². The number of urea groups is 1. The zero-order chi connectivity index (χ0) is 15.4. The molecule has 0 radical (unpaired) electrons. The highest BCUT2D eigenvalue weighted by atomic mass is 16.4. The Bertz CT molecular complexity index is 360. The lowest BCUT2D eigenvalue weighted by molar-refractivity contribution is -0.145. The second-order valence-electron chi connectivity index (χ2n) is 6.26. The Balaban J connectivity index is 2.85. The smallest absolute Gasteiger partial charge is 0.329 e. The summed E-state index contributed by atoms with van der Waals surface area (Å²) in [7, 11) is 1.57. The molecule has 20 heavy (non-hydrogen) atoms. The van der Waals surface area contributed by atoms with Crippen molar-refractivity contribution in [3.05, 3.63) is 0 Å². The molecule has 2 amide bonds. The maximum absolute atomic E-state index is 12.3. The van der Waals surface area contributed by atoms with Crippen LogP contribution in [0.3, 0.4) is 0 Å². The number of hydrogen-bond donors (Lipinski definition) is 3. The van der Waals surface area contributed by atoms with E-state index in [0.717, 1.165) is 25.7 Å². The van der Waals surface area contributed by atoms with E-state index in [9.17, 15) is 19.8 Å². The molecule has 6 nitrogen and oxygen atoms in total. The number of aliphatic hydroxyl groups is 1. The van der Waals surface area contributed by atoms with Gasteiger partial charge in [0.25, 0.3) is 0 Å². The largest absolute Gasteiger partial charge is 0.480 e. The lowest BCUT2D eigenvalue weighted by Gasteiger charge is -2.37. The first kappa shape index (κ1) is 16.8. The van der Waals surface area contributed by atoms with Gasteiger partial charge in [-0.1, -0.05) is 25.7 Å². The third-order valence-electron chi connectivity index (χ3n) is 4.31. The van der Waals surface area contributed by atoms with E-state index in [1.54, 1.807) is 20.9 Å². The lowest BCUT2D eigenvalue weighted by atomic mass is 9.90. The third-order valence-corrected chi connectivity index (χ3v) is 4.31. The van der Waals surface area contributed by atoms with Crippen molar-refractivity contribution in [1.29, 1.82) is 0 Å². The lowest BCUT2D eigenvalue weighted by Crippen LogP contribution is -2.60. The van der Waals surface area contributed by atoms with Crippen molar-refractivity contribution in [2.75, 3.05) is 13.7 Å². The normalized spacial score (nSPS) is 19.0. The third kappa shape index (κ3) is 3.62. The Kier molecular flexibility index (Phi) is 5.39. The molecule has 3 N–H and O–H groups in total. The second kappa shape index (κ2) is 6.43. The number of carboxylic acids is 1. The fourth-order valence-electron chi connectivity index (χ4n) is 2.39. The monoisotopic (exact) mass is 286 g/mol. The number of aliphatic carboxylic acids is 1. The van der Waals surface area contributed by atoms with E-state index in [-0.39, 0.29) is 6.61 Å². The summed E-state index contributed by atoms with van der Waals surface area (Å²) in [5.74, 6) is -0.969. The average molecular weight is 286 g/mol. The quantitative estimate of drug-likeness (QED) is 0.684. The summed E-state index contributed by atoms with van der Waals surface area (Å²) in [5, 5.41) is 21.5. The first-order valence-electron chi connectivity index (χ1n) is 7.15. The van der Waals surface area contributed by atoms with Crippen LogP contribution in [0.1, 0.15) is 52.4 Å². The van der Waals surface area contributed by atoms with E-state index < -0.39 is 23.1 Å².